The fraction of sp³-hybridized carbons (Fsp3) is 0.462. The van der Waals surface area contributed by atoms with Crippen LogP contribution in [0.4, 0.5) is 0 Å². The highest BCUT2D eigenvalue weighted by molar-refractivity contribution is 7.89. The molecule has 1 saturated heterocycles. The van der Waals surface area contributed by atoms with Gasteiger partial charge in [-0.2, -0.15) is 9.79 Å². The molecule has 4 aliphatic rings. The topological polar surface area (TPSA) is 128 Å². The summed E-state index contributed by atoms with van der Waals surface area (Å²) in [5, 5.41) is 25.7. The van der Waals surface area contributed by atoms with Gasteiger partial charge in [-0.1, -0.05) is 87.2 Å². The molecular weight excluding hydrogens is 639 g/mol. The maximum absolute atomic E-state index is 13.9. The third kappa shape index (κ3) is 7.34. The summed E-state index contributed by atoms with van der Waals surface area (Å²) in [6.45, 7) is 8.34. The van der Waals surface area contributed by atoms with Gasteiger partial charge in [0.25, 0.3) is 0 Å². The number of amides is 1. The van der Waals surface area contributed by atoms with Gasteiger partial charge in [-0.15, -0.1) is 0 Å². The highest BCUT2D eigenvalue weighted by Crippen LogP contribution is 2.61. The minimum Gasteiger partial charge on any atom is -0.394 e. The maximum atomic E-state index is 13.9. The first-order chi connectivity index (χ1) is 23.4. The molecule has 3 aromatic rings. The first-order valence-corrected chi connectivity index (χ1v) is 18.6. The Morgan fingerprint density at radius 2 is 1.76 bits per heavy atom. The van der Waals surface area contributed by atoms with Gasteiger partial charge in [-0.25, -0.2) is 8.42 Å². The van der Waals surface area contributed by atoms with Gasteiger partial charge in [0.2, 0.25) is 15.9 Å². The molecule has 0 aromatic heterocycles. The summed E-state index contributed by atoms with van der Waals surface area (Å²) in [6.07, 6.45) is 0.537. The number of hydrogen-bond donors (Lipinski definition) is 4. The van der Waals surface area contributed by atoms with Gasteiger partial charge in [-0.05, 0) is 83.9 Å². The molecule has 1 aliphatic heterocycles. The van der Waals surface area contributed by atoms with Crippen molar-refractivity contribution < 1.29 is 28.3 Å². The zero-order chi connectivity index (χ0) is 34.9. The van der Waals surface area contributed by atoms with Crippen LogP contribution < -0.4 is 10.0 Å². The van der Waals surface area contributed by atoms with E-state index in [1.165, 1.54) is 6.42 Å². The van der Waals surface area contributed by atoms with E-state index < -0.39 is 34.2 Å². The molecule has 3 aromatic carbocycles. The molecule has 10 heteroatoms. The molecule has 1 amide bonds. The van der Waals surface area contributed by atoms with Crippen molar-refractivity contribution in [3.8, 4) is 23.0 Å². The Labute approximate surface area is 290 Å². The Hall–Kier alpha value is -3.56. The number of fused-ring (bicyclic) bond motifs is 2. The lowest BCUT2D eigenvalue weighted by atomic mass is 9.45. The predicted octanol–water partition coefficient (Wildman–Crippen LogP) is 4.34. The average Bonchev–Trinajstić information content (AvgIpc) is 3.46. The Kier molecular flexibility index (Phi) is 10.3. The molecule has 2 bridgehead atoms. The van der Waals surface area contributed by atoms with Crippen LogP contribution in [0, 0.1) is 40.9 Å². The molecule has 0 radical (unpaired) electrons. The average molecular weight is 686 g/mol. The zero-order valence-corrected chi connectivity index (χ0v) is 29.4. The van der Waals surface area contributed by atoms with Crippen molar-refractivity contribution in [2.75, 3.05) is 13.2 Å². The van der Waals surface area contributed by atoms with Crippen molar-refractivity contribution in [2.45, 2.75) is 76.3 Å². The Morgan fingerprint density at radius 3 is 2.41 bits per heavy atom. The molecule has 9 nitrogen and oxygen atoms in total. The minimum atomic E-state index is -3.75. The van der Waals surface area contributed by atoms with Gasteiger partial charge in [-0.3, -0.25) is 9.63 Å². The fourth-order valence-corrected chi connectivity index (χ4v) is 9.15. The molecule has 4 N–H and O–H groups in total. The number of nitrogens with one attached hydrogen (secondary N) is 2. The van der Waals surface area contributed by atoms with E-state index >= 15 is 0 Å². The first kappa shape index (κ1) is 35.3. The lowest BCUT2D eigenvalue weighted by Gasteiger charge is -2.62. The minimum absolute atomic E-state index is 0.0543. The Balaban J connectivity index is 1.10. The van der Waals surface area contributed by atoms with E-state index in [1.54, 1.807) is 36.3 Å². The molecule has 0 spiro atoms. The Morgan fingerprint density at radius 1 is 1.04 bits per heavy atom. The van der Waals surface area contributed by atoms with E-state index in [9.17, 15) is 23.4 Å². The first-order valence-electron chi connectivity index (χ1n) is 17.1. The summed E-state index contributed by atoms with van der Waals surface area (Å²) in [5.74, 6) is 6.61. The SMILES string of the molecule is C[C@@H]1[C@@H](NC(=O)C2[C@H]([C@H](C)O)[C@H](CO)ON2Cc2cccc(C#CCNS(=O)(=O)c3ccc(-c4ccccc4)cc3)c2)C[C@H]2C[C@@H]1C2(C)C. The summed E-state index contributed by atoms with van der Waals surface area (Å²) in [5.41, 5.74) is 3.72. The molecule has 1 unspecified atom stereocenters. The summed E-state index contributed by atoms with van der Waals surface area (Å²) in [6, 6.07) is 23.2. The standard InChI is InChI=1S/C39H47N3O6S/c1-25-33-21-31(39(33,3)4)22-34(25)41-38(45)37-36(26(2)44)35(24-43)48-42(37)23-28-11-8-10-27(20-28)12-9-19-40-49(46,47)32-17-15-30(16-18-32)29-13-6-5-7-14-29/h5-8,10-11,13-18,20,25-26,31,33-37,40,43-44H,19,21-24H2,1-4H3,(H,41,45)/t25-,26-,31+,33-,34-,35-,36+,37?/m0/s1. The highest BCUT2D eigenvalue weighted by Gasteiger charge is 2.57. The van der Waals surface area contributed by atoms with Crippen molar-refractivity contribution in [3.05, 3.63) is 90.0 Å². The molecule has 8 atom stereocenters. The van der Waals surface area contributed by atoms with Gasteiger partial charge in [0.1, 0.15) is 12.1 Å². The molecule has 260 valence electrons. The van der Waals surface area contributed by atoms with Crippen LogP contribution in [0.25, 0.3) is 11.1 Å². The number of hydrogen-bond acceptors (Lipinski definition) is 7. The number of aliphatic hydroxyl groups excluding tert-OH is 2. The summed E-state index contributed by atoms with van der Waals surface area (Å²) in [7, 11) is -3.75. The van der Waals surface area contributed by atoms with E-state index in [0.29, 0.717) is 28.7 Å². The highest BCUT2D eigenvalue weighted by atomic mass is 32.2. The third-order valence-electron chi connectivity index (χ3n) is 11.2. The van der Waals surface area contributed by atoms with Crippen LogP contribution in [-0.4, -0.2) is 67.0 Å². The van der Waals surface area contributed by atoms with Crippen LogP contribution in [0.15, 0.2) is 83.8 Å². The van der Waals surface area contributed by atoms with Crippen LogP contribution in [0.2, 0.25) is 0 Å². The monoisotopic (exact) mass is 685 g/mol. The second kappa shape index (κ2) is 14.4. The van der Waals surface area contributed by atoms with Gasteiger partial charge < -0.3 is 15.5 Å². The molecular formula is C39H47N3O6S. The van der Waals surface area contributed by atoms with E-state index in [0.717, 1.165) is 23.1 Å². The largest absolute Gasteiger partial charge is 0.394 e. The smallest absolute Gasteiger partial charge is 0.241 e. The lowest BCUT2D eigenvalue weighted by molar-refractivity contribution is -0.183. The third-order valence-corrected chi connectivity index (χ3v) is 12.6. The summed E-state index contributed by atoms with van der Waals surface area (Å²) in [4.78, 5) is 20.2. The van der Waals surface area contributed by atoms with E-state index in [4.69, 9.17) is 4.84 Å². The van der Waals surface area contributed by atoms with Crippen LogP contribution in [-0.2, 0) is 26.2 Å². The van der Waals surface area contributed by atoms with Crippen LogP contribution in [0.3, 0.4) is 0 Å². The van der Waals surface area contributed by atoms with Crippen molar-refractivity contribution in [1.29, 1.82) is 0 Å². The van der Waals surface area contributed by atoms with Crippen LogP contribution in [0.1, 0.15) is 51.7 Å². The van der Waals surface area contributed by atoms with Crippen molar-refractivity contribution in [1.82, 2.24) is 15.1 Å². The van der Waals surface area contributed by atoms with Crippen molar-refractivity contribution in [2.24, 2.45) is 29.1 Å². The van der Waals surface area contributed by atoms with Gasteiger partial charge in [0.15, 0.2) is 0 Å². The molecule has 7 rings (SSSR count). The number of rotatable bonds is 10. The van der Waals surface area contributed by atoms with Gasteiger partial charge >= 0.3 is 0 Å². The van der Waals surface area contributed by atoms with E-state index in [1.807, 2.05) is 54.6 Å². The number of carbonyl (C=O) groups excluding carboxylic acids is 1. The molecule has 3 aliphatic carbocycles. The number of nitrogens with zero attached hydrogens (tertiary/aromatic N) is 1. The Bertz CT molecular complexity index is 1800. The quantitative estimate of drug-likeness (QED) is 0.234. The van der Waals surface area contributed by atoms with Gasteiger partial charge in [0, 0.05) is 17.5 Å². The molecule has 3 saturated carbocycles. The second-order valence-corrected chi connectivity index (χ2v) is 16.2. The number of aliphatic hydroxyl groups is 2. The summed E-state index contributed by atoms with van der Waals surface area (Å²) >= 11 is 0. The number of sulfonamides is 1. The predicted molar refractivity (Wildman–Crippen MR) is 188 cm³/mol. The van der Waals surface area contributed by atoms with Crippen molar-refractivity contribution >= 4 is 15.9 Å². The summed E-state index contributed by atoms with van der Waals surface area (Å²) < 4.78 is 28.3. The molecule has 1 heterocycles. The van der Waals surface area contributed by atoms with E-state index in [-0.39, 0.29) is 36.5 Å². The maximum Gasteiger partial charge on any atom is 0.241 e. The van der Waals surface area contributed by atoms with Crippen LogP contribution >= 0.6 is 0 Å². The number of carbonyl (C=O) groups is 1. The molecule has 49 heavy (non-hydrogen) atoms. The van der Waals surface area contributed by atoms with E-state index in [2.05, 4.69) is 42.7 Å². The van der Waals surface area contributed by atoms with Crippen LogP contribution in [0.5, 0.6) is 0 Å². The lowest BCUT2D eigenvalue weighted by Crippen LogP contribution is -2.62. The molecule has 4 fully saturated rings. The zero-order valence-electron chi connectivity index (χ0n) is 28.5. The second-order valence-electron chi connectivity index (χ2n) is 14.5. The van der Waals surface area contributed by atoms with Gasteiger partial charge in [0.05, 0.1) is 30.7 Å². The van der Waals surface area contributed by atoms with Crippen molar-refractivity contribution in [3.63, 3.8) is 0 Å². The fourth-order valence-electron chi connectivity index (χ4n) is 8.23. The number of hydroxylamine groups is 2. The number of benzene rings is 3. The normalized spacial score (nSPS) is 28.2.